The number of nitrogens with one attached hydrogen (secondary N) is 1. The number of fused-ring (bicyclic) bond motifs is 3. The van der Waals surface area contributed by atoms with Crippen LogP contribution in [0.1, 0.15) is 43.2 Å². The molecule has 0 radical (unpaired) electrons. The Balaban J connectivity index is 1.63. The Morgan fingerprint density at radius 3 is 2.19 bits per heavy atom. The molecule has 0 aromatic heterocycles. The number of nitrogens with zero attached hydrogens (tertiary/aromatic N) is 1. The third-order valence-corrected chi connectivity index (χ3v) is 5.55. The molecule has 0 bridgehead atoms. The van der Waals surface area contributed by atoms with Crippen LogP contribution in [0.3, 0.4) is 0 Å². The van der Waals surface area contributed by atoms with Crippen molar-refractivity contribution in [3.05, 3.63) is 59.7 Å². The van der Waals surface area contributed by atoms with Crippen LogP contribution in [0, 0.1) is 0 Å². The molecule has 2 aromatic rings. The molecule has 2 amide bonds. The van der Waals surface area contributed by atoms with Crippen LogP contribution < -0.4 is 5.32 Å². The standard InChI is InChI=1S/C24H28N2O5/c1-3-8-21(23(29)26(2)14-13-22(27)28)25-24(30)31-15-20-18-11-6-4-9-16(18)17-10-5-7-12-19(17)20/h4-7,9-12,20-21H,3,8,13-15H2,1-2H3,(H,25,30)(H,27,28). The Hall–Kier alpha value is -3.35. The number of carboxylic acid groups (broad SMARTS) is 1. The van der Waals surface area contributed by atoms with Crippen molar-refractivity contribution in [1.82, 2.24) is 10.2 Å². The fraction of sp³-hybridized carbons (Fsp3) is 0.375. The van der Waals surface area contributed by atoms with E-state index in [1.807, 2.05) is 43.3 Å². The minimum Gasteiger partial charge on any atom is -0.481 e. The molecule has 0 saturated carbocycles. The quantitative estimate of drug-likeness (QED) is 0.641. The molecule has 1 aliphatic rings. The summed E-state index contributed by atoms with van der Waals surface area (Å²) in [6, 6.07) is 15.4. The first-order valence-electron chi connectivity index (χ1n) is 10.5. The van der Waals surface area contributed by atoms with Gasteiger partial charge in [-0.05, 0) is 28.7 Å². The van der Waals surface area contributed by atoms with E-state index in [1.165, 1.54) is 11.9 Å². The third-order valence-electron chi connectivity index (χ3n) is 5.55. The van der Waals surface area contributed by atoms with Gasteiger partial charge >= 0.3 is 12.1 Å². The van der Waals surface area contributed by atoms with E-state index in [0.29, 0.717) is 12.8 Å². The Morgan fingerprint density at radius 1 is 1.06 bits per heavy atom. The Morgan fingerprint density at radius 2 is 1.65 bits per heavy atom. The molecule has 0 saturated heterocycles. The average Bonchev–Trinajstić information content (AvgIpc) is 3.09. The number of alkyl carbamates (subject to hydrolysis) is 1. The number of carboxylic acids is 1. The first-order chi connectivity index (χ1) is 14.9. The predicted molar refractivity (Wildman–Crippen MR) is 117 cm³/mol. The van der Waals surface area contributed by atoms with Gasteiger partial charge < -0.3 is 20.1 Å². The third kappa shape index (κ3) is 5.23. The molecule has 1 unspecified atom stereocenters. The number of rotatable bonds is 9. The highest BCUT2D eigenvalue weighted by Crippen LogP contribution is 2.44. The SMILES string of the molecule is CCCC(NC(=O)OCC1c2ccccc2-c2ccccc21)C(=O)N(C)CCC(=O)O. The van der Waals surface area contributed by atoms with Crippen LogP contribution in [-0.4, -0.2) is 54.2 Å². The fourth-order valence-corrected chi connectivity index (χ4v) is 3.97. The maximum absolute atomic E-state index is 12.6. The topological polar surface area (TPSA) is 95.9 Å². The van der Waals surface area contributed by atoms with E-state index in [-0.39, 0.29) is 31.4 Å². The second-order valence-corrected chi connectivity index (χ2v) is 7.71. The molecule has 2 N–H and O–H groups in total. The monoisotopic (exact) mass is 424 g/mol. The number of ether oxygens (including phenoxy) is 1. The minimum atomic E-state index is -0.976. The molecule has 2 aromatic carbocycles. The van der Waals surface area contributed by atoms with Crippen molar-refractivity contribution in [2.24, 2.45) is 0 Å². The Labute approximate surface area is 182 Å². The van der Waals surface area contributed by atoms with Crippen molar-refractivity contribution < 1.29 is 24.2 Å². The van der Waals surface area contributed by atoms with Crippen LogP contribution in [0.2, 0.25) is 0 Å². The molecular formula is C24H28N2O5. The smallest absolute Gasteiger partial charge is 0.407 e. The number of hydrogen-bond acceptors (Lipinski definition) is 4. The summed E-state index contributed by atoms with van der Waals surface area (Å²) in [6.07, 6.45) is 0.333. The largest absolute Gasteiger partial charge is 0.481 e. The molecule has 7 heteroatoms. The van der Waals surface area contributed by atoms with Crippen molar-refractivity contribution in [1.29, 1.82) is 0 Å². The van der Waals surface area contributed by atoms with Crippen molar-refractivity contribution in [2.75, 3.05) is 20.2 Å². The highest BCUT2D eigenvalue weighted by atomic mass is 16.5. The van der Waals surface area contributed by atoms with Crippen molar-refractivity contribution in [3.63, 3.8) is 0 Å². The zero-order valence-corrected chi connectivity index (χ0v) is 17.8. The maximum Gasteiger partial charge on any atom is 0.407 e. The lowest BCUT2D eigenvalue weighted by molar-refractivity contribution is -0.138. The number of hydrogen-bond donors (Lipinski definition) is 2. The van der Waals surface area contributed by atoms with Crippen molar-refractivity contribution in [3.8, 4) is 11.1 Å². The summed E-state index contributed by atoms with van der Waals surface area (Å²) in [7, 11) is 1.54. The van der Waals surface area contributed by atoms with Gasteiger partial charge in [0.1, 0.15) is 12.6 Å². The van der Waals surface area contributed by atoms with Crippen LogP contribution >= 0.6 is 0 Å². The van der Waals surface area contributed by atoms with Crippen LogP contribution in [0.15, 0.2) is 48.5 Å². The highest BCUT2D eigenvalue weighted by molar-refractivity contribution is 5.86. The molecule has 1 aliphatic carbocycles. The van der Waals surface area contributed by atoms with Crippen LogP contribution in [0.4, 0.5) is 4.79 Å². The molecule has 31 heavy (non-hydrogen) atoms. The van der Waals surface area contributed by atoms with E-state index >= 15 is 0 Å². The number of benzene rings is 2. The zero-order chi connectivity index (χ0) is 22.4. The van der Waals surface area contributed by atoms with E-state index in [4.69, 9.17) is 9.84 Å². The lowest BCUT2D eigenvalue weighted by Crippen LogP contribution is -2.48. The molecule has 0 fully saturated rings. The molecule has 1 atom stereocenters. The summed E-state index contributed by atoms with van der Waals surface area (Å²) in [5.74, 6) is -1.36. The summed E-state index contributed by atoms with van der Waals surface area (Å²) in [5, 5.41) is 11.5. The van der Waals surface area contributed by atoms with E-state index < -0.39 is 18.1 Å². The predicted octanol–water partition coefficient (Wildman–Crippen LogP) is 3.63. The number of carbonyl (C=O) groups is 3. The first kappa shape index (κ1) is 22.3. The average molecular weight is 424 g/mol. The lowest BCUT2D eigenvalue weighted by atomic mass is 9.98. The summed E-state index contributed by atoms with van der Waals surface area (Å²) in [6.45, 7) is 2.17. The van der Waals surface area contributed by atoms with E-state index in [2.05, 4.69) is 17.4 Å². The van der Waals surface area contributed by atoms with Gasteiger partial charge in [-0.25, -0.2) is 4.79 Å². The molecule has 0 spiro atoms. The summed E-state index contributed by atoms with van der Waals surface area (Å²) >= 11 is 0. The van der Waals surface area contributed by atoms with Gasteiger partial charge in [-0.15, -0.1) is 0 Å². The molecule has 3 rings (SSSR count). The second kappa shape index (κ2) is 10.1. The molecule has 7 nitrogen and oxygen atoms in total. The van der Waals surface area contributed by atoms with Gasteiger partial charge in [-0.3, -0.25) is 9.59 Å². The van der Waals surface area contributed by atoms with Gasteiger partial charge in [0.15, 0.2) is 0 Å². The molecule has 0 heterocycles. The van der Waals surface area contributed by atoms with E-state index in [1.54, 1.807) is 0 Å². The summed E-state index contributed by atoms with van der Waals surface area (Å²) in [4.78, 5) is 37.2. The van der Waals surface area contributed by atoms with Gasteiger partial charge in [0.2, 0.25) is 5.91 Å². The maximum atomic E-state index is 12.6. The molecule has 164 valence electrons. The van der Waals surface area contributed by atoms with Gasteiger partial charge in [0, 0.05) is 19.5 Å². The van der Waals surface area contributed by atoms with Crippen molar-refractivity contribution >= 4 is 18.0 Å². The van der Waals surface area contributed by atoms with E-state index in [9.17, 15) is 14.4 Å². The highest BCUT2D eigenvalue weighted by Gasteiger charge is 2.30. The van der Waals surface area contributed by atoms with E-state index in [0.717, 1.165) is 22.3 Å². The number of amides is 2. The number of aliphatic carboxylic acids is 1. The Bertz CT molecular complexity index is 913. The number of likely N-dealkylation sites (N-methyl/N-ethyl adjacent to an activating group) is 1. The normalized spacial score (nSPS) is 13.1. The van der Waals surface area contributed by atoms with Crippen molar-refractivity contribution in [2.45, 2.75) is 38.1 Å². The van der Waals surface area contributed by atoms with Gasteiger partial charge in [-0.1, -0.05) is 61.9 Å². The minimum absolute atomic E-state index is 0.0586. The van der Waals surface area contributed by atoms with Gasteiger partial charge in [0.05, 0.1) is 6.42 Å². The lowest BCUT2D eigenvalue weighted by Gasteiger charge is -2.24. The summed E-state index contributed by atoms with van der Waals surface area (Å²) in [5.41, 5.74) is 4.52. The Kier molecular flexibility index (Phi) is 7.28. The van der Waals surface area contributed by atoms with Gasteiger partial charge in [0.25, 0.3) is 0 Å². The summed E-state index contributed by atoms with van der Waals surface area (Å²) < 4.78 is 5.53. The molecule has 0 aliphatic heterocycles. The number of carbonyl (C=O) groups excluding carboxylic acids is 2. The fourth-order valence-electron chi connectivity index (χ4n) is 3.97. The molecular weight excluding hydrogens is 396 g/mol. The van der Waals surface area contributed by atoms with Gasteiger partial charge in [-0.2, -0.15) is 0 Å². The van der Waals surface area contributed by atoms with Crippen LogP contribution in [0.25, 0.3) is 11.1 Å². The van der Waals surface area contributed by atoms with Crippen LogP contribution in [0.5, 0.6) is 0 Å². The van der Waals surface area contributed by atoms with Crippen LogP contribution in [-0.2, 0) is 14.3 Å². The first-order valence-corrected chi connectivity index (χ1v) is 10.5. The second-order valence-electron chi connectivity index (χ2n) is 7.71. The zero-order valence-electron chi connectivity index (χ0n) is 17.8.